The zero-order valence-electron chi connectivity index (χ0n) is 9.18. The first kappa shape index (κ1) is 13.2. The average molecular weight is 207 g/mol. The second-order valence-corrected chi connectivity index (χ2v) is 4.30. The van der Waals surface area contributed by atoms with Gasteiger partial charge in [-0.15, -0.1) is 11.6 Å². The van der Waals surface area contributed by atoms with E-state index in [-0.39, 0.29) is 0 Å². The van der Waals surface area contributed by atoms with Crippen molar-refractivity contribution in [3.8, 4) is 0 Å². The summed E-state index contributed by atoms with van der Waals surface area (Å²) in [5, 5.41) is 0. The molecule has 2 heteroatoms. The van der Waals surface area contributed by atoms with E-state index >= 15 is 0 Å². The van der Waals surface area contributed by atoms with E-state index in [9.17, 15) is 0 Å². The van der Waals surface area contributed by atoms with Gasteiger partial charge < -0.3 is 4.74 Å². The molecule has 0 fully saturated rings. The standard InChI is InChI=1S/C11H23ClO/c1-10(2)11(3)13-9-7-5-4-6-8-12/h10-11H,4-9H2,1-3H3. The Morgan fingerprint density at radius 2 is 1.62 bits per heavy atom. The van der Waals surface area contributed by atoms with Gasteiger partial charge in [0.1, 0.15) is 0 Å². The normalized spacial score (nSPS) is 13.6. The van der Waals surface area contributed by atoms with Crippen LogP contribution in [0.15, 0.2) is 0 Å². The summed E-state index contributed by atoms with van der Waals surface area (Å²) in [6.07, 6.45) is 5.20. The molecular weight excluding hydrogens is 184 g/mol. The Balaban J connectivity index is 3.07. The van der Waals surface area contributed by atoms with Crippen LogP contribution in [0.25, 0.3) is 0 Å². The van der Waals surface area contributed by atoms with E-state index in [2.05, 4.69) is 20.8 Å². The molecule has 0 N–H and O–H groups in total. The fraction of sp³-hybridized carbons (Fsp3) is 1.00. The van der Waals surface area contributed by atoms with Crippen molar-refractivity contribution < 1.29 is 4.74 Å². The van der Waals surface area contributed by atoms with Gasteiger partial charge in [-0.2, -0.15) is 0 Å². The number of hydrogen-bond donors (Lipinski definition) is 0. The van der Waals surface area contributed by atoms with Gasteiger partial charge in [-0.3, -0.25) is 0 Å². The van der Waals surface area contributed by atoms with Gasteiger partial charge >= 0.3 is 0 Å². The highest BCUT2D eigenvalue weighted by Crippen LogP contribution is 2.07. The molecule has 0 heterocycles. The SMILES string of the molecule is CC(C)C(C)OCCCCCCCl. The lowest BCUT2D eigenvalue weighted by molar-refractivity contribution is 0.0332. The molecule has 0 aliphatic heterocycles. The molecule has 0 bridgehead atoms. The summed E-state index contributed by atoms with van der Waals surface area (Å²) in [4.78, 5) is 0. The van der Waals surface area contributed by atoms with Crippen LogP contribution >= 0.6 is 11.6 Å². The summed E-state index contributed by atoms with van der Waals surface area (Å²) in [5.74, 6) is 1.42. The van der Waals surface area contributed by atoms with Crippen molar-refractivity contribution in [3.63, 3.8) is 0 Å². The zero-order chi connectivity index (χ0) is 10.1. The summed E-state index contributed by atoms with van der Waals surface area (Å²) in [5.41, 5.74) is 0. The first-order valence-electron chi connectivity index (χ1n) is 5.36. The highest BCUT2D eigenvalue weighted by atomic mass is 35.5. The second kappa shape index (κ2) is 8.83. The minimum Gasteiger partial charge on any atom is -0.378 e. The van der Waals surface area contributed by atoms with Gasteiger partial charge in [0, 0.05) is 12.5 Å². The first-order chi connectivity index (χ1) is 6.18. The molecular formula is C11H23ClO. The van der Waals surface area contributed by atoms with E-state index in [0.717, 1.165) is 18.9 Å². The van der Waals surface area contributed by atoms with E-state index in [1.54, 1.807) is 0 Å². The molecule has 1 unspecified atom stereocenters. The van der Waals surface area contributed by atoms with Crippen LogP contribution in [0.2, 0.25) is 0 Å². The fourth-order valence-corrected chi connectivity index (χ4v) is 1.20. The molecule has 0 saturated carbocycles. The van der Waals surface area contributed by atoms with Gasteiger partial charge in [-0.1, -0.05) is 26.7 Å². The molecule has 0 spiro atoms. The first-order valence-corrected chi connectivity index (χ1v) is 5.89. The van der Waals surface area contributed by atoms with E-state index < -0.39 is 0 Å². The van der Waals surface area contributed by atoms with Crippen molar-refractivity contribution in [1.82, 2.24) is 0 Å². The van der Waals surface area contributed by atoms with E-state index in [4.69, 9.17) is 16.3 Å². The highest BCUT2D eigenvalue weighted by molar-refractivity contribution is 6.17. The second-order valence-electron chi connectivity index (χ2n) is 3.92. The van der Waals surface area contributed by atoms with E-state index in [0.29, 0.717) is 12.0 Å². The third kappa shape index (κ3) is 8.58. The van der Waals surface area contributed by atoms with Gasteiger partial charge in [0.05, 0.1) is 6.10 Å². The van der Waals surface area contributed by atoms with Crippen LogP contribution in [0.3, 0.4) is 0 Å². The Morgan fingerprint density at radius 3 is 2.15 bits per heavy atom. The third-order valence-corrected chi connectivity index (χ3v) is 2.61. The lowest BCUT2D eigenvalue weighted by atomic mass is 10.1. The Morgan fingerprint density at radius 1 is 1.00 bits per heavy atom. The zero-order valence-corrected chi connectivity index (χ0v) is 9.94. The number of halogens is 1. The van der Waals surface area contributed by atoms with Crippen LogP contribution < -0.4 is 0 Å². The summed E-state index contributed by atoms with van der Waals surface area (Å²) < 4.78 is 5.65. The van der Waals surface area contributed by atoms with Crippen LogP contribution in [0.4, 0.5) is 0 Å². The summed E-state index contributed by atoms with van der Waals surface area (Å²) in [6.45, 7) is 7.43. The van der Waals surface area contributed by atoms with Gasteiger partial charge in [-0.25, -0.2) is 0 Å². The molecule has 0 radical (unpaired) electrons. The number of hydrogen-bond acceptors (Lipinski definition) is 1. The topological polar surface area (TPSA) is 9.23 Å². The van der Waals surface area contributed by atoms with Crippen molar-refractivity contribution in [2.75, 3.05) is 12.5 Å². The summed E-state index contributed by atoms with van der Waals surface area (Å²) in [7, 11) is 0. The molecule has 1 atom stereocenters. The molecule has 0 saturated heterocycles. The van der Waals surface area contributed by atoms with Crippen molar-refractivity contribution in [2.45, 2.75) is 52.6 Å². The molecule has 80 valence electrons. The maximum absolute atomic E-state index is 5.65. The molecule has 13 heavy (non-hydrogen) atoms. The monoisotopic (exact) mass is 206 g/mol. The summed E-state index contributed by atoms with van der Waals surface area (Å²) in [6, 6.07) is 0. The molecule has 0 amide bonds. The predicted molar refractivity (Wildman–Crippen MR) is 59.4 cm³/mol. The van der Waals surface area contributed by atoms with E-state index in [1.165, 1.54) is 19.3 Å². The minimum absolute atomic E-state index is 0.396. The Labute approximate surface area is 87.8 Å². The average Bonchev–Trinajstić information content (AvgIpc) is 2.10. The Hall–Kier alpha value is 0.250. The minimum atomic E-state index is 0.396. The molecule has 1 nitrogen and oxygen atoms in total. The molecule has 0 aliphatic rings. The molecule has 0 aliphatic carbocycles. The van der Waals surface area contributed by atoms with E-state index in [1.807, 2.05) is 0 Å². The number of rotatable bonds is 8. The van der Waals surface area contributed by atoms with Crippen molar-refractivity contribution in [1.29, 1.82) is 0 Å². The fourth-order valence-electron chi connectivity index (χ4n) is 1.01. The maximum atomic E-state index is 5.65. The maximum Gasteiger partial charge on any atom is 0.0569 e. The van der Waals surface area contributed by atoms with Gasteiger partial charge in [0.15, 0.2) is 0 Å². The highest BCUT2D eigenvalue weighted by Gasteiger charge is 2.05. The Kier molecular flexibility index (Phi) is 9.00. The summed E-state index contributed by atoms with van der Waals surface area (Å²) >= 11 is 5.58. The van der Waals surface area contributed by atoms with Crippen molar-refractivity contribution in [2.24, 2.45) is 5.92 Å². The van der Waals surface area contributed by atoms with Crippen LogP contribution in [0.1, 0.15) is 46.5 Å². The number of ether oxygens (including phenoxy) is 1. The van der Waals surface area contributed by atoms with Crippen LogP contribution in [0, 0.1) is 5.92 Å². The smallest absolute Gasteiger partial charge is 0.0569 e. The van der Waals surface area contributed by atoms with Gasteiger partial charge in [0.2, 0.25) is 0 Å². The third-order valence-electron chi connectivity index (χ3n) is 2.35. The largest absolute Gasteiger partial charge is 0.378 e. The van der Waals surface area contributed by atoms with Crippen molar-refractivity contribution in [3.05, 3.63) is 0 Å². The molecule has 0 rings (SSSR count). The Bertz CT molecular complexity index is 104. The van der Waals surface area contributed by atoms with Gasteiger partial charge in [0.25, 0.3) is 0 Å². The quantitative estimate of drug-likeness (QED) is 0.433. The van der Waals surface area contributed by atoms with Crippen molar-refractivity contribution >= 4 is 11.6 Å². The molecule has 0 aromatic heterocycles. The lowest BCUT2D eigenvalue weighted by Gasteiger charge is -2.16. The van der Waals surface area contributed by atoms with Crippen LogP contribution in [-0.4, -0.2) is 18.6 Å². The van der Waals surface area contributed by atoms with Gasteiger partial charge in [-0.05, 0) is 25.7 Å². The number of unbranched alkanes of at least 4 members (excludes halogenated alkanes) is 3. The molecule has 0 aromatic carbocycles. The molecule has 0 aromatic rings. The number of alkyl halides is 1. The lowest BCUT2D eigenvalue weighted by Crippen LogP contribution is -2.15. The van der Waals surface area contributed by atoms with Crippen LogP contribution in [-0.2, 0) is 4.74 Å². The van der Waals surface area contributed by atoms with Crippen LogP contribution in [0.5, 0.6) is 0 Å². The predicted octanol–water partition coefficient (Wildman–Crippen LogP) is 3.85.